The Morgan fingerprint density at radius 3 is 2.48 bits per heavy atom. The summed E-state index contributed by atoms with van der Waals surface area (Å²) in [6, 6.07) is 9.16. The summed E-state index contributed by atoms with van der Waals surface area (Å²) in [6.45, 7) is 9.96. The quantitative estimate of drug-likeness (QED) is 0.852. The van der Waals surface area contributed by atoms with Crippen LogP contribution in [0.5, 0.6) is 5.75 Å². The van der Waals surface area contributed by atoms with Crippen LogP contribution in [0.2, 0.25) is 0 Å². The molecule has 23 heavy (non-hydrogen) atoms. The summed E-state index contributed by atoms with van der Waals surface area (Å²) in [5, 5.41) is 0. The van der Waals surface area contributed by atoms with Gasteiger partial charge in [-0.05, 0) is 57.5 Å². The lowest BCUT2D eigenvalue weighted by Gasteiger charge is -2.43. The fraction of sp³-hybridized carbons (Fsp3) is 0.684. The van der Waals surface area contributed by atoms with Crippen LogP contribution in [0.25, 0.3) is 0 Å². The molecule has 128 valence electrons. The molecular weight excluding hydrogens is 288 g/mol. The minimum atomic E-state index is 0.369. The van der Waals surface area contributed by atoms with Crippen molar-refractivity contribution in [2.45, 2.75) is 51.5 Å². The van der Waals surface area contributed by atoms with Gasteiger partial charge in [-0.3, -0.25) is 9.80 Å². The van der Waals surface area contributed by atoms with Crippen molar-refractivity contribution in [3.8, 4) is 5.75 Å². The van der Waals surface area contributed by atoms with Crippen molar-refractivity contribution in [1.82, 2.24) is 9.80 Å². The van der Waals surface area contributed by atoms with Gasteiger partial charge in [0, 0.05) is 25.7 Å². The van der Waals surface area contributed by atoms with Gasteiger partial charge in [0.2, 0.25) is 0 Å². The monoisotopic (exact) mass is 318 g/mol. The van der Waals surface area contributed by atoms with E-state index in [1.54, 1.807) is 7.11 Å². The third-order valence-corrected chi connectivity index (χ3v) is 5.06. The molecule has 1 aromatic carbocycles. The summed E-state index contributed by atoms with van der Waals surface area (Å²) in [7, 11) is 1.73. The first kappa shape index (κ1) is 16.7. The zero-order valence-corrected chi connectivity index (χ0v) is 14.7. The lowest BCUT2D eigenvalue weighted by atomic mass is 10.0. The molecule has 0 radical (unpaired) electrons. The normalized spacial score (nSPS) is 28.0. The Hall–Kier alpha value is -1.10. The van der Waals surface area contributed by atoms with Gasteiger partial charge in [-0.25, -0.2) is 0 Å². The number of hydrogen-bond donors (Lipinski definition) is 0. The first-order valence-corrected chi connectivity index (χ1v) is 8.89. The number of methoxy groups -OCH3 is 1. The lowest BCUT2D eigenvalue weighted by molar-refractivity contribution is -0.0865. The van der Waals surface area contributed by atoms with Crippen LogP contribution in [0.15, 0.2) is 24.3 Å². The van der Waals surface area contributed by atoms with Gasteiger partial charge in [0.15, 0.2) is 0 Å². The molecule has 0 N–H and O–H groups in total. The third-order valence-electron chi connectivity index (χ3n) is 5.06. The fourth-order valence-corrected chi connectivity index (χ4v) is 3.99. The Kier molecular flexibility index (Phi) is 5.57. The number of likely N-dealkylation sites (tertiary alicyclic amines) is 1. The van der Waals surface area contributed by atoms with Crippen LogP contribution >= 0.6 is 0 Å². The third kappa shape index (κ3) is 4.46. The standard InChI is InChI=1S/C19H30N2O2/c1-15-12-21(13-16(2)23-15)18-7-9-20(10-8-18)14-17-5-4-6-19(11-17)22-3/h4-6,11,15-16,18H,7-10,12-14H2,1-3H3/t15-,16+. The van der Waals surface area contributed by atoms with Crippen LogP contribution in [-0.2, 0) is 11.3 Å². The molecule has 2 fully saturated rings. The first-order valence-electron chi connectivity index (χ1n) is 8.89. The molecule has 2 atom stereocenters. The highest BCUT2D eigenvalue weighted by Gasteiger charge is 2.30. The fourth-order valence-electron chi connectivity index (χ4n) is 3.99. The molecule has 0 aromatic heterocycles. The highest BCUT2D eigenvalue weighted by molar-refractivity contribution is 5.28. The van der Waals surface area contributed by atoms with E-state index < -0.39 is 0 Å². The molecule has 3 rings (SSSR count). The van der Waals surface area contributed by atoms with Gasteiger partial charge >= 0.3 is 0 Å². The number of ether oxygens (including phenoxy) is 2. The maximum Gasteiger partial charge on any atom is 0.119 e. The number of nitrogens with zero attached hydrogens (tertiary/aromatic N) is 2. The van der Waals surface area contributed by atoms with Gasteiger partial charge in [0.1, 0.15) is 5.75 Å². The van der Waals surface area contributed by atoms with Crippen LogP contribution < -0.4 is 4.74 Å². The second kappa shape index (κ2) is 7.65. The van der Waals surface area contributed by atoms with Gasteiger partial charge in [0.05, 0.1) is 19.3 Å². The molecule has 0 spiro atoms. The van der Waals surface area contributed by atoms with Crippen molar-refractivity contribution in [2.75, 3.05) is 33.3 Å². The maximum atomic E-state index is 5.87. The number of rotatable bonds is 4. The van der Waals surface area contributed by atoms with Crippen molar-refractivity contribution in [2.24, 2.45) is 0 Å². The maximum absolute atomic E-state index is 5.87. The Balaban J connectivity index is 1.50. The zero-order chi connectivity index (χ0) is 16.2. The van der Waals surface area contributed by atoms with Crippen molar-refractivity contribution < 1.29 is 9.47 Å². The number of benzene rings is 1. The van der Waals surface area contributed by atoms with Gasteiger partial charge < -0.3 is 9.47 Å². The van der Waals surface area contributed by atoms with E-state index in [-0.39, 0.29) is 0 Å². The van der Waals surface area contributed by atoms with Gasteiger partial charge in [-0.2, -0.15) is 0 Å². The summed E-state index contributed by atoms with van der Waals surface area (Å²) >= 11 is 0. The predicted octanol–water partition coefficient (Wildman–Crippen LogP) is 2.77. The predicted molar refractivity (Wildman–Crippen MR) is 92.9 cm³/mol. The van der Waals surface area contributed by atoms with Crippen LogP contribution in [0.3, 0.4) is 0 Å². The van der Waals surface area contributed by atoms with E-state index in [9.17, 15) is 0 Å². The molecule has 0 unspecified atom stereocenters. The zero-order valence-electron chi connectivity index (χ0n) is 14.7. The van der Waals surface area contributed by atoms with E-state index in [0.717, 1.165) is 31.4 Å². The van der Waals surface area contributed by atoms with Crippen LogP contribution in [0, 0.1) is 0 Å². The molecular formula is C19H30N2O2. The summed E-state index contributed by atoms with van der Waals surface area (Å²) in [6.07, 6.45) is 3.27. The van der Waals surface area contributed by atoms with Gasteiger partial charge in [-0.15, -0.1) is 0 Å². The van der Waals surface area contributed by atoms with Crippen molar-refractivity contribution >= 4 is 0 Å². The van der Waals surface area contributed by atoms with Gasteiger partial charge in [0.25, 0.3) is 0 Å². The number of piperidine rings is 1. The minimum absolute atomic E-state index is 0.369. The van der Waals surface area contributed by atoms with E-state index in [2.05, 4.69) is 41.8 Å². The van der Waals surface area contributed by atoms with Crippen LogP contribution in [0.4, 0.5) is 0 Å². The summed E-state index contributed by atoms with van der Waals surface area (Å²) in [5.74, 6) is 0.952. The highest BCUT2D eigenvalue weighted by Crippen LogP contribution is 2.23. The molecule has 4 heteroatoms. The molecule has 0 aliphatic carbocycles. The number of hydrogen-bond acceptors (Lipinski definition) is 4. The van der Waals surface area contributed by atoms with Crippen molar-refractivity contribution in [3.63, 3.8) is 0 Å². The lowest BCUT2D eigenvalue weighted by Crippen LogP contribution is -2.53. The smallest absolute Gasteiger partial charge is 0.119 e. The van der Waals surface area contributed by atoms with Gasteiger partial charge in [-0.1, -0.05) is 12.1 Å². The molecule has 0 bridgehead atoms. The van der Waals surface area contributed by atoms with E-state index in [0.29, 0.717) is 12.2 Å². The average molecular weight is 318 g/mol. The van der Waals surface area contributed by atoms with E-state index >= 15 is 0 Å². The largest absolute Gasteiger partial charge is 0.497 e. The van der Waals surface area contributed by atoms with E-state index in [4.69, 9.17) is 9.47 Å². The SMILES string of the molecule is COc1cccc(CN2CCC(N3C[C@@H](C)O[C@@H](C)C3)CC2)c1. The second-order valence-corrected chi connectivity index (χ2v) is 7.07. The molecule has 2 aliphatic heterocycles. The molecule has 2 saturated heterocycles. The Labute approximate surface area is 140 Å². The molecule has 2 aliphatic rings. The van der Waals surface area contributed by atoms with E-state index in [1.807, 2.05) is 6.07 Å². The van der Waals surface area contributed by atoms with Crippen molar-refractivity contribution in [1.29, 1.82) is 0 Å². The number of morpholine rings is 1. The second-order valence-electron chi connectivity index (χ2n) is 7.07. The Morgan fingerprint density at radius 1 is 1.13 bits per heavy atom. The summed E-state index contributed by atoms with van der Waals surface area (Å²) < 4.78 is 11.2. The van der Waals surface area contributed by atoms with Crippen LogP contribution in [0.1, 0.15) is 32.3 Å². The highest BCUT2D eigenvalue weighted by atomic mass is 16.5. The van der Waals surface area contributed by atoms with Crippen LogP contribution in [-0.4, -0.2) is 61.3 Å². The summed E-state index contributed by atoms with van der Waals surface area (Å²) in [5.41, 5.74) is 1.34. The molecule has 2 heterocycles. The summed E-state index contributed by atoms with van der Waals surface area (Å²) in [4.78, 5) is 5.22. The Bertz CT molecular complexity index is 490. The molecule has 0 saturated carbocycles. The molecule has 0 amide bonds. The molecule has 4 nitrogen and oxygen atoms in total. The minimum Gasteiger partial charge on any atom is -0.497 e. The average Bonchev–Trinajstić information content (AvgIpc) is 2.55. The topological polar surface area (TPSA) is 24.9 Å². The Morgan fingerprint density at radius 2 is 1.83 bits per heavy atom. The van der Waals surface area contributed by atoms with E-state index in [1.165, 1.54) is 31.5 Å². The first-order chi connectivity index (χ1) is 11.1. The molecule has 1 aromatic rings. The van der Waals surface area contributed by atoms with Crippen molar-refractivity contribution in [3.05, 3.63) is 29.8 Å².